The van der Waals surface area contributed by atoms with Gasteiger partial charge in [0.2, 0.25) is 0 Å². The molecule has 0 radical (unpaired) electrons. The van der Waals surface area contributed by atoms with Gasteiger partial charge in [-0.15, -0.1) is 0 Å². The summed E-state index contributed by atoms with van der Waals surface area (Å²) < 4.78 is 5.90. The van der Waals surface area contributed by atoms with Crippen LogP contribution in [-0.4, -0.2) is 18.2 Å². The number of nitrogens with zero attached hydrogens (tertiary/aromatic N) is 1. The van der Waals surface area contributed by atoms with Crippen LogP contribution in [0.15, 0.2) is 24.3 Å². The van der Waals surface area contributed by atoms with Gasteiger partial charge >= 0.3 is 0 Å². The van der Waals surface area contributed by atoms with E-state index >= 15 is 0 Å². The summed E-state index contributed by atoms with van der Waals surface area (Å²) >= 11 is 0. The predicted molar refractivity (Wildman–Crippen MR) is 67.8 cm³/mol. The molecule has 0 spiro atoms. The van der Waals surface area contributed by atoms with Crippen molar-refractivity contribution in [2.24, 2.45) is 0 Å². The Hall–Kier alpha value is -1.53. The van der Waals surface area contributed by atoms with Crippen molar-refractivity contribution in [3.05, 3.63) is 29.8 Å². The molecule has 0 bridgehead atoms. The van der Waals surface area contributed by atoms with Crippen LogP contribution in [0.4, 0.5) is 5.69 Å². The van der Waals surface area contributed by atoms with E-state index < -0.39 is 0 Å². The van der Waals surface area contributed by atoms with E-state index in [1.165, 1.54) is 0 Å². The molecule has 1 unspecified atom stereocenters. The maximum absolute atomic E-state index is 8.70. The Kier molecular flexibility index (Phi) is 3.35. The monoisotopic (exact) mass is 230 g/mol. The quantitative estimate of drug-likeness (QED) is 0.868. The van der Waals surface area contributed by atoms with Gasteiger partial charge < -0.3 is 10.1 Å². The highest BCUT2D eigenvalue weighted by Crippen LogP contribution is 2.29. The molecule has 90 valence electrons. The average molecular weight is 230 g/mol. The van der Waals surface area contributed by atoms with E-state index in [-0.39, 0.29) is 5.60 Å². The molecule has 0 aromatic heterocycles. The second kappa shape index (κ2) is 4.77. The van der Waals surface area contributed by atoms with Gasteiger partial charge in [0, 0.05) is 12.2 Å². The van der Waals surface area contributed by atoms with Gasteiger partial charge in [-0.05, 0) is 51.0 Å². The molecule has 17 heavy (non-hydrogen) atoms. The Balaban J connectivity index is 1.84. The van der Waals surface area contributed by atoms with Crippen LogP contribution < -0.4 is 5.32 Å². The molecule has 0 saturated carbocycles. The third kappa shape index (κ3) is 3.21. The molecule has 1 aliphatic rings. The van der Waals surface area contributed by atoms with Gasteiger partial charge in [0.1, 0.15) is 0 Å². The Morgan fingerprint density at radius 1 is 1.41 bits per heavy atom. The van der Waals surface area contributed by atoms with E-state index in [0.717, 1.165) is 25.1 Å². The Labute approximate surface area is 102 Å². The zero-order valence-electron chi connectivity index (χ0n) is 10.4. The number of hydrogen-bond donors (Lipinski definition) is 1. The van der Waals surface area contributed by atoms with E-state index in [2.05, 4.69) is 25.2 Å². The van der Waals surface area contributed by atoms with Gasteiger partial charge in [-0.1, -0.05) is 0 Å². The molecule has 1 heterocycles. The Morgan fingerprint density at radius 2 is 2.12 bits per heavy atom. The predicted octanol–water partition coefficient (Wildman–Crippen LogP) is 2.93. The summed E-state index contributed by atoms with van der Waals surface area (Å²) in [6, 6.07) is 9.61. The molecule has 1 N–H and O–H groups in total. The fourth-order valence-electron chi connectivity index (χ4n) is 2.12. The number of nitriles is 1. The van der Waals surface area contributed by atoms with Crippen LogP contribution in [0.1, 0.15) is 32.3 Å². The second-order valence-corrected chi connectivity index (χ2v) is 5.11. The summed E-state index contributed by atoms with van der Waals surface area (Å²) in [4.78, 5) is 0. The van der Waals surface area contributed by atoms with Gasteiger partial charge in [0.15, 0.2) is 0 Å². The van der Waals surface area contributed by atoms with E-state index in [0.29, 0.717) is 11.7 Å². The lowest BCUT2D eigenvalue weighted by Gasteiger charge is -2.19. The molecular weight excluding hydrogens is 212 g/mol. The van der Waals surface area contributed by atoms with Crippen LogP contribution >= 0.6 is 0 Å². The van der Waals surface area contributed by atoms with Crippen molar-refractivity contribution in [1.82, 2.24) is 0 Å². The number of ether oxygens (including phenoxy) is 1. The minimum atomic E-state index is 0.0248. The van der Waals surface area contributed by atoms with Gasteiger partial charge in [-0.25, -0.2) is 0 Å². The lowest BCUT2D eigenvalue weighted by atomic mass is 10.1. The van der Waals surface area contributed by atoms with Crippen LogP contribution in [-0.2, 0) is 4.74 Å². The summed E-state index contributed by atoms with van der Waals surface area (Å²) in [5.41, 5.74) is 1.75. The smallest absolute Gasteiger partial charge is 0.0991 e. The second-order valence-electron chi connectivity index (χ2n) is 5.11. The highest BCUT2D eigenvalue weighted by Gasteiger charge is 2.31. The van der Waals surface area contributed by atoms with Gasteiger partial charge in [-0.3, -0.25) is 0 Å². The van der Waals surface area contributed by atoms with Crippen LogP contribution in [0, 0.1) is 11.3 Å². The first-order chi connectivity index (χ1) is 8.09. The summed E-state index contributed by atoms with van der Waals surface area (Å²) in [5.74, 6) is 0. The van der Waals surface area contributed by atoms with E-state index in [4.69, 9.17) is 10.00 Å². The highest BCUT2D eigenvalue weighted by molar-refractivity contribution is 5.47. The molecule has 1 fully saturated rings. The maximum Gasteiger partial charge on any atom is 0.0991 e. The highest BCUT2D eigenvalue weighted by atomic mass is 16.5. The molecule has 3 heteroatoms. The fourth-order valence-corrected chi connectivity index (χ4v) is 2.12. The lowest BCUT2D eigenvalue weighted by Crippen LogP contribution is -2.24. The van der Waals surface area contributed by atoms with Crippen LogP contribution in [0.2, 0.25) is 0 Å². The topological polar surface area (TPSA) is 45.0 Å². The normalized spacial score (nSPS) is 22.1. The number of nitrogens with one attached hydrogen (secondary N) is 1. The third-order valence-electron chi connectivity index (χ3n) is 3.10. The van der Waals surface area contributed by atoms with E-state index in [1.54, 1.807) is 0 Å². The molecule has 1 aromatic rings. The standard InChI is InChI=1S/C14H18N2O/c1-14(2)8-7-13(17-14)10-16-12-5-3-11(9-15)4-6-12/h3-6,13,16H,7-8,10H2,1-2H3. The number of rotatable bonds is 3. The largest absolute Gasteiger partial charge is 0.382 e. The van der Waals surface area contributed by atoms with Crippen LogP contribution in [0.5, 0.6) is 0 Å². The van der Waals surface area contributed by atoms with Crippen molar-refractivity contribution in [2.45, 2.75) is 38.4 Å². The molecular formula is C14H18N2O. The molecule has 0 aliphatic carbocycles. The first-order valence-corrected chi connectivity index (χ1v) is 6.01. The van der Waals surface area contributed by atoms with Gasteiger partial charge in [0.25, 0.3) is 0 Å². The van der Waals surface area contributed by atoms with Crippen molar-refractivity contribution in [1.29, 1.82) is 5.26 Å². The number of anilines is 1. The minimum Gasteiger partial charge on any atom is -0.382 e. The molecule has 1 atom stereocenters. The Morgan fingerprint density at radius 3 is 2.65 bits per heavy atom. The summed E-state index contributed by atoms with van der Waals surface area (Å²) in [6.07, 6.45) is 2.52. The maximum atomic E-state index is 8.70. The van der Waals surface area contributed by atoms with Gasteiger partial charge in [0.05, 0.1) is 23.3 Å². The number of hydrogen-bond acceptors (Lipinski definition) is 3. The molecule has 0 amide bonds. The number of benzene rings is 1. The molecule has 1 aromatic carbocycles. The van der Waals surface area contributed by atoms with Crippen molar-refractivity contribution in [2.75, 3.05) is 11.9 Å². The molecule has 3 nitrogen and oxygen atoms in total. The third-order valence-corrected chi connectivity index (χ3v) is 3.10. The molecule has 2 rings (SSSR count). The lowest BCUT2D eigenvalue weighted by molar-refractivity contribution is -0.00910. The first kappa shape index (κ1) is 11.9. The van der Waals surface area contributed by atoms with Crippen molar-refractivity contribution in [3.63, 3.8) is 0 Å². The zero-order valence-corrected chi connectivity index (χ0v) is 10.4. The average Bonchev–Trinajstić information content (AvgIpc) is 2.67. The minimum absolute atomic E-state index is 0.0248. The fraction of sp³-hybridized carbons (Fsp3) is 0.500. The Bertz CT molecular complexity index is 417. The summed E-state index contributed by atoms with van der Waals surface area (Å²) in [6.45, 7) is 5.10. The first-order valence-electron chi connectivity index (χ1n) is 6.01. The van der Waals surface area contributed by atoms with E-state index in [1.807, 2.05) is 24.3 Å². The molecule has 1 saturated heterocycles. The van der Waals surface area contributed by atoms with E-state index in [9.17, 15) is 0 Å². The summed E-state index contributed by atoms with van der Waals surface area (Å²) in [7, 11) is 0. The SMILES string of the molecule is CC1(C)CCC(CNc2ccc(C#N)cc2)O1. The zero-order chi connectivity index (χ0) is 12.3. The van der Waals surface area contributed by atoms with Crippen LogP contribution in [0.3, 0.4) is 0 Å². The van der Waals surface area contributed by atoms with Crippen molar-refractivity contribution < 1.29 is 4.74 Å². The van der Waals surface area contributed by atoms with Crippen molar-refractivity contribution in [3.8, 4) is 6.07 Å². The van der Waals surface area contributed by atoms with Crippen molar-refractivity contribution >= 4 is 5.69 Å². The van der Waals surface area contributed by atoms with Crippen LogP contribution in [0.25, 0.3) is 0 Å². The van der Waals surface area contributed by atoms with Gasteiger partial charge in [-0.2, -0.15) is 5.26 Å². The summed E-state index contributed by atoms with van der Waals surface area (Å²) in [5, 5.41) is 12.0. The molecule has 1 aliphatic heterocycles.